The van der Waals surface area contributed by atoms with E-state index in [2.05, 4.69) is 20.8 Å². The SMILES string of the molecule is COc1ccc(S(=O)(=O)N(CCO)CCO[C@H]2C[C@@H](C(C)(C)C)C=C(C(=O)N3CCCCC3)O2)cc1. The molecule has 2 aliphatic rings. The molecule has 202 valence electrons. The number of aliphatic hydroxyl groups is 1. The number of allylic oxidation sites excluding steroid dienone is 1. The molecule has 2 aliphatic heterocycles. The summed E-state index contributed by atoms with van der Waals surface area (Å²) in [6.45, 7) is 7.51. The highest BCUT2D eigenvalue weighted by Crippen LogP contribution is 2.37. The minimum atomic E-state index is -3.84. The Morgan fingerprint density at radius 2 is 1.81 bits per heavy atom. The van der Waals surface area contributed by atoms with Gasteiger partial charge in [0.2, 0.25) is 16.3 Å². The molecule has 2 heterocycles. The van der Waals surface area contributed by atoms with Gasteiger partial charge in [-0.25, -0.2) is 8.42 Å². The van der Waals surface area contributed by atoms with E-state index in [-0.39, 0.29) is 48.4 Å². The molecule has 0 spiro atoms. The molecule has 1 N–H and O–H groups in total. The van der Waals surface area contributed by atoms with E-state index < -0.39 is 16.3 Å². The Kier molecular flexibility index (Phi) is 9.79. The van der Waals surface area contributed by atoms with E-state index in [1.54, 1.807) is 12.1 Å². The van der Waals surface area contributed by atoms with Crippen LogP contribution in [0, 0.1) is 11.3 Å². The zero-order chi connectivity index (χ0) is 26.3. The average molecular weight is 525 g/mol. The van der Waals surface area contributed by atoms with Crippen LogP contribution < -0.4 is 4.74 Å². The summed E-state index contributed by atoms with van der Waals surface area (Å²) < 4.78 is 44.5. The molecule has 0 aromatic heterocycles. The van der Waals surface area contributed by atoms with Gasteiger partial charge in [0, 0.05) is 32.6 Å². The van der Waals surface area contributed by atoms with Crippen molar-refractivity contribution in [1.82, 2.24) is 9.21 Å². The van der Waals surface area contributed by atoms with Gasteiger partial charge in [0.1, 0.15) is 5.75 Å². The maximum Gasteiger partial charge on any atom is 0.288 e. The van der Waals surface area contributed by atoms with Gasteiger partial charge in [0.05, 0.1) is 25.2 Å². The number of sulfonamides is 1. The number of carbonyl (C=O) groups excluding carboxylic acids is 1. The monoisotopic (exact) mass is 524 g/mol. The Morgan fingerprint density at radius 1 is 1.14 bits per heavy atom. The van der Waals surface area contributed by atoms with E-state index in [1.807, 2.05) is 11.0 Å². The minimum absolute atomic E-state index is 0.0358. The van der Waals surface area contributed by atoms with Crippen LogP contribution in [0.15, 0.2) is 41.0 Å². The highest BCUT2D eigenvalue weighted by Gasteiger charge is 2.36. The molecule has 10 heteroatoms. The van der Waals surface area contributed by atoms with E-state index in [0.717, 1.165) is 32.4 Å². The van der Waals surface area contributed by atoms with Crippen LogP contribution in [-0.2, 0) is 24.3 Å². The fourth-order valence-electron chi connectivity index (χ4n) is 4.41. The molecular weight excluding hydrogens is 484 g/mol. The van der Waals surface area contributed by atoms with Crippen LogP contribution >= 0.6 is 0 Å². The minimum Gasteiger partial charge on any atom is -0.497 e. The van der Waals surface area contributed by atoms with Crippen molar-refractivity contribution >= 4 is 15.9 Å². The largest absolute Gasteiger partial charge is 0.497 e. The number of rotatable bonds is 10. The number of amides is 1. The van der Waals surface area contributed by atoms with E-state index in [0.29, 0.717) is 17.9 Å². The van der Waals surface area contributed by atoms with Crippen molar-refractivity contribution in [3.05, 3.63) is 36.1 Å². The lowest BCUT2D eigenvalue weighted by molar-refractivity contribution is -0.158. The number of methoxy groups -OCH3 is 1. The molecule has 0 saturated carbocycles. The predicted molar refractivity (Wildman–Crippen MR) is 136 cm³/mol. The first-order valence-electron chi connectivity index (χ1n) is 12.6. The van der Waals surface area contributed by atoms with E-state index in [1.165, 1.54) is 23.5 Å². The highest BCUT2D eigenvalue weighted by atomic mass is 32.2. The Labute approximate surface area is 215 Å². The molecule has 1 amide bonds. The van der Waals surface area contributed by atoms with Crippen molar-refractivity contribution in [3.8, 4) is 5.75 Å². The fourth-order valence-corrected chi connectivity index (χ4v) is 5.83. The summed E-state index contributed by atoms with van der Waals surface area (Å²) in [6, 6.07) is 6.11. The van der Waals surface area contributed by atoms with Crippen molar-refractivity contribution in [2.24, 2.45) is 11.3 Å². The molecular formula is C26H40N2O7S. The van der Waals surface area contributed by atoms with Crippen LogP contribution in [0.4, 0.5) is 0 Å². The van der Waals surface area contributed by atoms with Gasteiger partial charge in [-0.2, -0.15) is 4.31 Å². The molecule has 0 radical (unpaired) electrons. The van der Waals surface area contributed by atoms with Crippen molar-refractivity contribution < 1.29 is 32.5 Å². The molecule has 9 nitrogen and oxygen atoms in total. The zero-order valence-corrected chi connectivity index (χ0v) is 22.6. The Hall–Kier alpha value is -2.14. The molecule has 0 unspecified atom stereocenters. The smallest absolute Gasteiger partial charge is 0.288 e. The van der Waals surface area contributed by atoms with Crippen LogP contribution in [0.2, 0.25) is 0 Å². The first kappa shape index (κ1) is 28.4. The summed E-state index contributed by atoms with van der Waals surface area (Å²) in [6.07, 6.45) is 4.93. The average Bonchev–Trinajstić information content (AvgIpc) is 2.87. The van der Waals surface area contributed by atoms with Crippen LogP contribution in [-0.4, -0.2) is 81.4 Å². The quantitative estimate of drug-likeness (QED) is 0.502. The third-order valence-corrected chi connectivity index (χ3v) is 8.63. The normalized spacial score (nSPS) is 21.2. The lowest BCUT2D eigenvalue weighted by Crippen LogP contribution is -2.41. The molecule has 1 aromatic carbocycles. The predicted octanol–water partition coefficient (Wildman–Crippen LogP) is 3.00. The maximum absolute atomic E-state index is 13.1. The van der Waals surface area contributed by atoms with Crippen LogP contribution in [0.5, 0.6) is 5.75 Å². The Balaban J connectivity index is 1.67. The summed E-state index contributed by atoms with van der Waals surface area (Å²) >= 11 is 0. The number of ether oxygens (including phenoxy) is 3. The van der Waals surface area contributed by atoms with Gasteiger partial charge in [-0.3, -0.25) is 4.79 Å². The van der Waals surface area contributed by atoms with Crippen molar-refractivity contribution in [2.45, 2.75) is 57.6 Å². The van der Waals surface area contributed by atoms with Gasteiger partial charge in [-0.15, -0.1) is 0 Å². The Bertz CT molecular complexity index is 996. The number of benzene rings is 1. The number of aliphatic hydroxyl groups excluding tert-OH is 1. The van der Waals surface area contributed by atoms with Crippen LogP contribution in [0.1, 0.15) is 46.5 Å². The third kappa shape index (κ3) is 7.21. The first-order chi connectivity index (χ1) is 17.1. The molecule has 2 atom stereocenters. The topological polar surface area (TPSA) is 106 Å². The summed E-state index contributed by atoms with van der Waals surface area (Å²) in [5, 5.41) is 9.48. The first-order valence-corrected chi connectivity index (χ1v) is 14.0. The van der Waals surface area contributed by atoms with Crippen molar-refractivity contribution in [2.75, 3.05) is 46.5 Å². The molecule has 0 bridgehead atoms. The number of hydrogen-bond donors (Lipinski definition) is 1. The molecule has 1 aromatic rings. The number of carbonyl (C=O) groups is 1. The van der Waals surface area contributed by atoms with Gasteiger partial charge in [-0.1, -0.05) is 20.8 Å². The van der Waals surface area contributed by atoms with E-state index in [4.69, 9.17) is 14.2 Å². The van der Waals surface area contributed by atoms with Gasteiger partial charge in [0.15, 0.2) is 5.76 Å². The van der Waals surface area contributed by atoms with Gasteiger partial charge >= 0.3 is 0 Å². The third-order valence-electron chi connectivity index (χ3n) is 6.71. The summed E-state index contributed by atoms with van der Waals surface area (Å²) in [4.78, 5) is 15.1. The number of hydrogen-bond acceptors (Lipinski definition) is 7. The van der Waals surface area contributed by atoms with Gasteiger partial charge in [-0.05, 0) is 60.9 Å². The Morgan fingerprint density at radius 3 is 2.39 bits per heavy atom. The second kappa shape index (κ2) is 12.4. The van der Waals surface area contributed by atoms with E-state index >= 15 is 0 Å². The molecule has 0 aliphatic carbocycles. The lowest BCUT2D eigenvalue weighted by Gasteiger charge is -2.37. The zero-order valence-electron chi connectivity index (χ0n) is 21.8. The van der Waals surface area contributed by atoms with Crippen LogP contribution in [0.25, 0.3) is 0 Å². The second-order valence-electron chi connectivity index (χ2n) is 10.3. The lowest BCUT2D eigenvalue weighted by atomic mass is 9.77. The summed E-state index contributed by atoms with van der Waals surface area (Å²) in [7, 11) is -2.33. The molecule has 1 saturated heterocycles. The van der Waals surface area contributed by atoms with Crippen molar-refractivity contribution in [3.63, 3.8) is 0 Å². The number of nitrogens with zero attached hydrogens (tertiary/aromatic N) is 2. The molecule has 1 fully saturated rings. The fraction of sp³-hybridized carbons (Fsp3) is 0.654. The molecule has 36 heavy (non-hydrogen) atoms. The maximum atomic E-state index is 13.1. The standard InChI is InChI=1S/C26H40N2O7S/c1-26(2,3)20-18-23(25(30)27-12-6-5-7-13-27)35-24(19-20)34-17-15-28(14-16-29)36(31,32)22-10-8-21(33-4)9-11-22/h8-11,18,20,24,29H,5-7,12-17,19H2,1-4H3/t20-,24+/m0/s1. The molecule has 3 rings (SSSR count). The van der Waals surface area contributed by atoms with Crippen molar-refractivity contribution in [1.29, 1.82) is 0 Å². The van der Waals surface area contributed by atoms with E-state index in [9.17, 15) is 18.3 Å². The summed E-state index contributed by atoms with van der Waals surface area (Å²) in [5.74, 6) is 0.820. The summed E-state index contributed by atoms with van der Waals surface area (Å²) in [5.41, 5.74) is -0.0978. The number of likely N-dealkylation sites (tertiary alicyclic amines) is 1. The van der Waals surface area contributed by atoms with Crippen LogP contribution in [0.3, 0.4) is 0 Å². The number of piperidine rings is 1. The van der Waals surface area contributed by atoms with Gasteiger partial charge in [0.25, 0.3) is 5.91 Å². The highest BCUT2D eigenvalue weighted by molar-refractivity contribution is 7.89. The van der Waals surface area contributed by atoms with Gasteiger partial charge < -0.3 is 24.2 Å². The second-order valence-corrected chi connectivity index (χ2v) is 12.3.